The van der Waals surface area contributed by atoms with Crippen molar-refractivity contribution in [3.63, 3.8) is 0 Å². The van der Waals surface area contributed by atoms with Gasteiger partial charge in [-0.2, -0.15) is 0 Å². The van der Waals surface area contributed by atoms with Crippen molar-refractivity contribution in [1.29, 1.82) is 0 Å². The van der Waals surface area contributed by atoms with Gasteiger partial charge in [-0.1, -0.05) is 0 Å². The zero-order chi connectivity index (χ0) is 31.1. The van der Waals surface area contributed by atoms with E-state index in [4.69, 9.17) is 23.7 Å². The van der Waals surface area contributed by atoms with Crippen molar-refractivity contribution in [2.24, 2.45) is 0 Å². The Hall–Kier alpha value is -4.25. The lowest BCUT2D eigenvalue weighted by Gasteiger charge is -2.29. The Labute approximate surface area is 243 Å². The van der Waals surface area contributed by atoms with Gasteiger partial charge in [0.05, 0.1) is 16.9 Å². The molecule has 1 aromatic carbocycles. The maximum atomic E-state index is 13.1. The molecule has 0 amide bonds. The number of benzene rings is 1. The van der Waals surface area contributed by atoms with E-state index in [0.29, 0.717) is 13.0 Å². The molecule has 2 N–H and O–H groups in total. The number of nitro groups is 1. The molecule has 2 aliphatic heterocycles. The summed E-state index contributed by atoms with van der Waals surface area (Å²) in [6.45, 7) is 0.787. The van der Waals surface area contributed by atoms with Crippen LogP contribution in [0.3, 0.4) is 0 Å². The highest BCUT2D eigenvalue weighted by atomic mass is 16.7. The van der Waals surface area contributed by atoms with Crippen molar-refractivity contribution in [2.45, 2.75) is 76.5 Å². The fourth-order valence-corrected chi connectivity index (χ4v) is 4.59. The number of ketones is 1. The summed E-state index contributed by atoms with van der Waals surface area (Å²) in [7, 11) is 0. The van der Waals surface area contributed by atoms with Crippen LogP contribution in [0, 0.1) is 10.1 Å². The van der Waals surface area contributed by atoms with E-state index in [0.717, 1.165) is 35.6 Å². The first kappa shape index (κ1) is 31.7. The monoisotopic (exact) mass is 605 g/mol. The number of carbonyl (C=O) groups excluding carboxylic acids is 3. The number of hydrogen-bond acceptors (Lipinski definition) is 13. The van der Waals surface area contributed by atoms with Crippen molar-refractivity contribution in [3.05, 3.63) is 72.5 Å². The first-order chi connectivity index (χ1) is 20.5. The van der Waals surface area contributed by atoms with Crippen LogP contribution in [0.5, 0.6) is 0 Å². The molecule has 0 radical (unpaired) electrons. The zero-order valence-corrected chi connectivity index (χ0v) is 23.2. The van der Waals surface area contributed by atoms with Gasteiger partial charge in [-0.3, -0.25) is 29.3 Å². The molecule has 2 fully saturated rings. The summed E-state index contributed by atoms with van der Waals surface area (Å²) >= 11 is 0. The number of rotatable bonds is 12. The van der Waals surface area contributed by atoms with E-state index in [9.17, 15) is 39.2 Å². The number of non-ortho nitro benzene ring substituents is 1. The summed E-state index contributed by atoms with van der Waals surface area (Å²) in [5, 5.41) is 22.4. The van der Waals surface area contributed by atoms with E-state index < -0.39 is 77.8 Å². The van der Waals surface area contributed by atoms with E-state index in [1.807, 2.05) is 0 Å². The zero-order valence-electron chi connectivity index (χ0n) is 23.2. The lowest BCUT2D eigenvalue weighted by atomic mass is 10.1. The normalized spacial score (nSPS) is 23.4. The lowest BCUT2D eigenvalue weighted by Crippen LogP contribution is -2.42. The average Bonchev–Trinajstić information content (AvgIpc) is 3.28. The minimum absolute atomic E-state index is 0.0263. The molecule has 0 aliphatic carbocycles. The van der Waals surface area contributed by atoms with Crippen LogP contribution >= 0.6 is 0 Å². The molecule has 16 nitrogen and oxygen atoms in total. The predicted octanol–water partition coefficient (Wildman–Crippen LogP) is 0.884. The van der Waals surface area contributed by atoms with Crippen LogP contribution in [0.15, 0.2) is 40.1 Å². The Bertz CT molecular complexity index is 1460. The van der Waals surface area contributed by atoms with Gasteiger partial charge in [0.2, 0.25) is 0 Å². The van der Waals surface area contributed by atoms with Gasteiger partial charge < -0.3 is 33.6 Å². The summed E-state index contributed by atoms with van der Waals surface area (Å²) in [5.74, 6) is -1.95. The first-order valence-corrected chi connectivity index (χ1v) is 13.5. The Balaban J connectivity index is 1.50. The van der Waals surface area contributed by atoms with Gasteiger partial charge in [-0.05, 0) is 32.3 Å². The van der Waals surface area contributed by atoms with Gasteiger partial charge in [0.1, 0.15) is 37.3 Å². The molecule has 16 heteroatoms. The molecule has 2 saturated heterocycles. The fourth-order valence-electron chi connectivity index (χ4n) is 4.59. The molecular weight excluding hydrogens is 574 g/mol. The molecule has 0 spiro atoms. The largest absolute Gasteiger partial charge is 0.461 e. The second kappa shape index (κ2) is 14.3. The van der Waals surface area contributed by atoms with Crippen LogP contribution in [0.25, 0.3) is 0 Å². The number of esters is 2. The number of aliphatic hydroxyl groups excluding tert-OH is 1. The number of ether oxygens (including phenoxy) is 5. The quantitative estimate of drug-likeness (QED) is 0.195. The Morgan fingerprint density at radius 1 is 1.16 bits per heavy atom. The Kier molecular flexibility index (Phi) is 10.5. The van der Waals surface area contributed by atoms with Gasteiger partial charge in [0.15, 0.2) is 12.5 Å². The second-order valence-electron chi connectivity index (χ2n) is 10.0. The van der Waals surface area contributed by atoms with Crippen molar-refractivity contribution >= 4 is 23.4 Å². The number of nitro benzene ring substituents is 1. The van der Waals surface area contributed by atoms with Crippen LogP contribution < -0.4 is 11.2 Å². The number of carbonyl (C=O) groups is 3. The van der Waals surface area contributed by atoms with Gasteiger partial charge in [0, 0.05) is 43.0 Å². The Morgan fingerprint density at radius 2 is 1.95 bits per heavy atom. The van der Waals surface area contributed by atoms with E-state index in [1.54, 1.807) is 0 Å². The van der Waals surface area contributed by atoms with Crippen LogP contribution in [0.1, 0.15) is 61.2 Å². The molecule has 2 aromatic rings. The van der Waals surface area contributed by atoms with Crippen LogP contribution in [-0.4, -0.2) is 75.1 Å². The third-order valence-corrected chi connectivity index (χ3v) is 6.86. The molecule has 4 rings (SSSR count). The second-order valence-corrected chi connectivity index (χ2v) is 10.0. The highest BCUT2D eigenvalue weighted by Gasteiger charge is 2.48. The van der Waals surface area contributed by atoms with E-state index in [-0.39, 0.29) is 29.8 Å². The molecule has 3 heterocycles. The molecule has 2 aliphatic rings. The molecule has 1 aromatic heterocycles. The van der Waals surface area contributed by atoms with Gasteiger partial charge >= 0.3 is 17.6 Å². The minimum atomic E-state index is -1.42. The Morgan fingerprint density at radius 3 is 2.63 bits per heavy atom. The number of aromatic amines is 1. The molecule has 0 bridgehead atoms. The smallest absolute Gasteiger partial charge is 0.338 e. The van der Waals surface area contributed by atoms with Crippen LogP contribution in [-0.2, 0) is 39.9 Å². The average molecular weight is 606 g/mol. The van der Waals surface area contributed by atoms with Gasteiger partial charge in [0.25, 0.3) is 11.2 Å². The van der Waals surface area contributed by atoms with Crippen molar-refractivity contribution in [3.8, 4) is 0 Å². The maximum Gasteiger partial charge on any atom is 0.338 e. The van der Waals surface area contributed by atoms with Crippen molar-refractivity contribution in [1.82, 2.24) is 9.55 Å². The fraction of sp³-hybridized carbons (Fsp3) is 0.519. The third kappa shape index (κ3) is 8.19. The highest BCUT2D eigenvalue weighted by Crippen LogP contribution is 2.33. The van der Waals surface area contributed by atoms with Crippen LogP contribution in [0.2, 0.25) is 0 Å². The molecule has 1 unspecified atom stereocenters. The van der Waals surface area contributed by atoms with Crippen LogP contribution in [0.4, 0.5) is 5.69 Å². The predicted molar refractivity (Wildman–Crippen MR) is 143 cm³/mol. The summed E-state index contributed by atoms with van der Waals surface area (Å²) in [6.07, 6.45) is -2.54. The lowest BCUT2D eigenvalue weighted by molar-refractivity contribution is -0.384. The first-order valence-electron chi connectivity index (χ1n) is 13.5. The number of H-pyrrole nitrogens is 1. The molecular formula is C27H31N3O13. The van der Waals surface area contributed by atoms with Gasteiger partial charge in [-0.25, -0.2) is 9.59 Å². The van der Waals surface area contributed by atoms with Crippen molar-refractivity contribution < 1.29 is 48.1 Å². The number of aromatic nitrogens is 2. The SMILES string of the molecule is CC(=O)CCC(=O)OCc1ccc([N+](=O)[O-])cc1C(=O)OC[C@H]1O[C@@H](n2ccc(=O)[nH]c2=O)[C@H](OC2CCCCO2)[C@@H]1O. The maximum absolute atomic E-state index is 13.1. The molecule has 232 valence electrons. The number of nitrogens with one attached hydrogen (secondary N) is 1. The number of aliphatic hydroxyl groups is 1. The summed E-state index contributed by atoms with van der Waals surface area (Å²) in [5.41, 5.74) is -2.05. The number of hydrogen-bond donors (Lipinski definition) is 2. The number of nitrogens with zero attached hydrogens (tertiary/aromatic N) is 2. The summed E-state index contributed by atoms with van der Waals surface area (Å²) in [6, 6.07) is 4.42. The molecule has 5 atom stereocenters. The standard InChI is InChI=1S/C27H31N3O13/c1-15(31)5-8-21(33)40-13-16-6-7-17(30(37)38)12-18(16)26(35)41-14-19-23(34)24(43-22-4-2-3-11-39-22)25(42-19)29-10-9-20(32)28-27(29)36/h6-7,9-10,12,19,22-25,34H,2-5,8,11,13-14H2,1H3,(H,28,32,36)/t19-,22?,23-,24-,25-/m1/s1. The van der Waals surface area contributed by atoms with Crippen molar-refractivity contribution in [2.75, 3.05) is 13.2 Å². The summed E-state index contributed by atoms with van der Waals surface area (Å²) < 4.78 is 28.9. The van der Waals surface area contributed by atoms with E-state index in [1.165, 1.54) is 19.2 Å². The molecule has 43 heavy (non-hydrogen) atoms. The van der Waals surface area contributed by atoms with E-state index >= 15 is 0 Å². The van der Waals surface area contributed by atoms with Gasteiger partial charge in [-0.15, -0.1) is 0 Å². The minimum Gasteiger partial charge on any atom is -0.461 e. The third-order valence-electron chi connectivity index (χ3n) is 6.86. The summed E-state index contributed by atoms with van der Waals surface area (Å²) in [4.78, 5) is 73.0. The topological polar surface area (TPSA) is 216 Å². The number of Topliss-reactive ketones (excluding diaryl/α,β-unsaturated/α-hetero) is 1. The molecule has 0 saturated carbocycles. The highest BCUT2D eigenvalue weighted by molar-refractivity contribution is 5.92. The van der Waals surface area contributed by atoms with E-state index in [2.05, 4.69) is 4.98 Å².